The zero-order valence-electron chi connectivity index (χ0n) is 16.7. The first kappa shape index (κ1) is 21.5. The van der Waals surface area contributed by atoms with E-state index in [0.29, 0.717) is 21.0 Å². The number of esters is 1. The number of hydrogen-bond acceptors (Lipinski definition) is 5. The van der Waals surface area contributed by atoms with Crippen LogP contribution in [0.5, 0.6) is 0 Å². The number of carbonyl (C=O) groups is 3. The number of ether oxygens (including phenoxy) is 1. The molecule has 0 unspecified atom stereocenters. The van der Waals surface area contributed by atoms with Gasteiger partial charge in [-0.2, -0.15) is 0 Å². The molecule has 6 nitrogen and oxygen atoms in total. The molecule has 32 heavy (non-hydrogen) atoms. The van der Waals surface area contributed by atoms with Gasteiger partial charge in [-0.15, -0.1) is 0 Å². The normalized spacial score (nSPS) is 12.5. The predicted octanol–water partition coefficient (Wildman–Crippen LogP) is 4.50. The van der Waals surface area contributed by atoms with Crippen LogP contribution >= 0.6 is 11.8 Å². The highest BCUT2D eigenvalue weighted by atomic mass is 32.2. The lowest BCUT2D eigenvalue weighted by Crippen LogP contribution is -2.38. The summed E-state index contributed by atoms with van der Waals surface area (Å²) in [6.07, 6.45) is 0. The minimum Gasteiger partial charge on any atom is -0.465 e. The molecule has 0 saturated heterocycles. The number of nitrogens with one attached hydrogen (secondary N) is 1. The first-order valence-electron chi connectivity index (χ1n) is 9.43. The van der Waals surface area contributed by atoms with Crippen molar-refractivity contribution in [3.05, 3.63) is 83.4 Å². The Bertz CT molecular complexity index is 1250. The fourth-order valence-electron chi connectivity index (χ4n) is 3.25. The zero-order chi connectivity index (χ0) is 22.8. The fraction of sp³-hybridized carbons (Fsp3) is 0.0870. The third-order valence-corrected chi connectivity index (χ3v) is 5.90. The third-order valence-electron chi connectivity index (χ3n) is 4.76. The molecule has 0 aromatic heterocycles. The van der Waals surface area contributed by atoms with Crippen molar-refractivity contribution in [2.75, 3.05) is 23.9 Å². The van der Waals surface area contributed by atoms with Gasteiger partial charge in [-0.3, -0.25) is 14.5 Å². The molecule has 3 aromatic rings. The van der Waals surface area contributed by atoms with E-state index in [1.54, 1.807) is 36.4 Å². The molecule has 2 amide bonds. The van der Waals surface area contributed by atoms with Crippen LogP contribution in [-0.4, -0.2) is 31.4 Å². The van der Waals surface area contributed by atoms with Crippen LogP contribution in [0.25, 0.3) is 0 Å². The number of amides is 2. The summed E-state index contributed by atoms with van der Waals surface area (Å²) in [7, 11) is 1.24. The second-order valence-electron chi connectivity index (χ2n) is 6.84. The Balaban J connectivity index is 1.73. The highest BCUT2D eigenvalue weighted by Gasteiger charge is 2.30. The Hall–Kier alpha value is -3.72. The van der Waals surface area contributed by atoms with E-state index in [9.17, 15) is 23.2 Å². The number of carbonyl (C=O) groups excluding carboxylic acids is 3. The molecule has 1 aliphatic rings. The van der Waals surface area contributed by atoms with Crippen molar-refractivity contribution < 1.29 is 27.9 Å². The molecule has 0 saturated carbocycles. The smallest absolute Gasteiger partial charge is 0.337 e. The molecule has 4 rings (SSSR count). The summed E-state index contributed by atoms with van der Waals surface area (Å²) in [5, 5.41) is 2.30. The summed E-state index contributed by atoms with van der Waals surface area (Å²) in [4.78, 5) is 40.6. The number of methoxy groups -OCH3 is 1. The van der Waals surface area contributed by atoms with Crippen LogP contribution in [0, 0.1) is 11.6 Å². The monoisotopic (exact) mass is 454 g/mol. The van der Waals surface area contributed by atoms with E-state index in [0.717, 1.165) is 18.2 Å². The summed E-state index contributed by atoms with van der Waals surface area (Å²) >= 11 is 1.32. The molecule has 1 aliphatic heterocycles. The molecule has 162 valence electrons. The Morgan fingerprint density at radius 1 is 1.03 bits per heavy atom. The van der Waals surface area contributed by atoms with Crippen molar-refractivity contribution in [2.24, 2.45) is 0 Å². The standard InChI is InChI=1S/C23H16F2N2O4S/c1-31-23(30)13-6-9-20-18(10-13)27(22(29)15-4-2-3-5-19(15)32-20)12-21(28)26-17-11-14(24)7-8-16(17)25/h2-11H,12H2,1H3,(H,26,28). The number of anilines is 2. The second kappa shape index (κ2) is 8.80. The molecule has 0 radical (unpaired) electrons. The maximum Gasteiger partial charge on any atom is 0.337 e. The van der Waals surface area contributed by atoms with Crippen molar-refractivity contribution in [3.8, 4) is 0 Å². The van der Waals surface area contributed by atoms with Gasteiger partial charge in [0, 0.05) is 15.9 Å². The van der Waals surface area contributed by atoms with E-state index >= 15 is 0 Å². The van der Waals surface area contributed by atoms with Gasteiger partial charge in [-0.05, 0) is 42.5 Å². The molecule has 0 bridgehead atoms. The Morgan fingerprint density at radius 3 is 2.59 bits per heavy atom. The molecule has 0 aliphatic carbocycles. The topological polar surface area (TPSA) is 75.7 Å². The van der Waals surface area contributed by atoms with Gasteiger partial charge in [0.15, 0.2) is 0 Å². The molecule has 0 fully saturated rings. The lowest BCUT2D eigenvalue weighted by molar-refractivity contribution is -0.115. The van der Waals surface area contributed by atoms with Gasteiger partial charge in [0.1, 0.15) is 18.2 Å². The summed E-state index contributed by atoms with van der Waals surface area (Å²) in [5.41, 5.74) is 0.565. The van der Waals surface area contributed by atoms with Crippen LogP contribution in [0.4, 0.5) is 20.2 Å². The van der Waals surface area contributed by atoms with E-state index in [1.165, 1.54) is 29.8 Å². The first-order valence-corrected chi connectivity index (χ1v) is 10.2. The number of hydrogen-bond donors (Lipinski definition) is 1. The Kier molecular flexibility index (Phi) is 5.91. The van der Waals surface area contributed by atoms with Crippen LogP contribution in [0.3, 0.4) is 0 Å². The zero-order valence-corrected chi connectivity index (χ0v) is 17.5. The van der Waals surface area contributed by atoms with Crippen LogP contribution < -0.4 is 10.2 Å². The lowest BCUT2D eigenvalue weighted by Gasteiger charge is -2.23. The quantitative estimate of drug-likeness (QED) is 0.588. The summed E-state index contributed by atoms with van der Waals surface area (Å²) < 4.78 is 32.2. The average molecular weight is 454 g/mol. The highest BCUT2D eigenvalue weighted by Crippen LogP contribution is 2.41. The van der Waals surface area contributed by atoms with Gasteiger partial charge in [0.05, 0.1) is 29.6 Å². The molecule has 0 spiro atoms. The molecular weight excluding hydrogens is 438 g/mol. The van der Waals surface area contributed by atoms with Gasteiger partial charge in [0.25, 0.3) is 5.91 Å². The summed E-state index contributed by atoms with van der Waals surface area (Å²) in [6.45, 7) is -0.485. The second-order valence-corrected chi connectivity index (χ2v) is 7.92. The summed E-state index contributed by atoms with van der Waals surface area (Å²) in [6, 6.07) is 14.3. The number of rotatable bonds is 4. The van der Waals surface area contributed by atoms with Crippen molar-refractivity contribution in [1.82, 2.24) is 0 Å². The maximum absolute atomic E-state index is 14.0. The maximum atomic E-state index is 14.0. The van der Waals surface area contributed by atoms with Crippen molar-refractivity contribution in [3.63, 3.8) is 0 Å². The van der Waals surface area contributed by atoms with Crippen molar-refractivity contribution in [1.29, 1.82) is 0 Å². The van der Waals surface area contributed by atoms with Gasteiger partial charge >= 0.3 is 5.97 Å². The van der Waals surface area contributed by atoms with Crippen LogP contribution in [-0.2, 0) is 9.53 Å². The largest absolute Gasteiger partial charge is 0.465 e. The van der Waals surface area contributed by atoms with Gasteiger partial charge in [0.2, 0.25) is 5.91 Å². The summed E-state index contributed by atoms with van der Waals surface area (Å²) in [5.74, 6) is -3.33. The third kappa shape index (κ3) is 4.19. The van der Waals surface area contributed by atoms with E-state index in [2.05, 4.69) is 5.32 Å². The SMILES string of the molecule is COC(=O)c1ccc2c(c1)N(CC(=O)Nc1cc(F)ccc1F)C(=O)c1ccccc1S2. The molecular formula is C23H16F2N2O4S. The predicted molar refractivity (Wildman–Crippen MR) is 115 cm³/mol. The van der Waals surface area contributed by atoms with Gasteiger partial charge < -0.3 is 10.1 Å². The minimum absolute atomic E-state index is 0.201. The number of halogens is 2. The number of benzene rings is 3. The Labute approximate surface area is 186 Å². The van der Waals surface area contributed by atoms with E-state index < -0.39 is 36.0 Å². The minimum atomic E-state index is -0.809. The van der Waals surface area contributed by atoms with Crippen LogP contribution in [0.15, 0.2) is 70.5 Å². The number of fused-ring (bicyclic) bond motifs is 2. The van der Waals surface area contributed by atoms with Crippen molar-refractivity contribution >= 4 is 40.9 Å². The number of nitrogens with zero attached hydrogens (tertiary/aromatic N) is 1. The van der Waals surface area contributed by atoms with E-state index in [-0.39, 0.29) is 11.3 Å². The fourth-order valence-corrected chi connectivity index (χ4v) is 4.31. The molecule has 1 N–H and O–H groups in total. The highest BCUT2D eigenvalue weighted by molar-refractivity contribution is 7.99. The van der Waals surface area contributed by atoms with Crippen LogP contribution in [0.2, 0.25) is 0 Å². The van der Waals surface area contributed by atoms with Gasteiger partial charge in [-0.1, -0.05) is 23.9 Å². The molecule has 0 atom stereocenters. The lowest BCUT2D eigenvalue weighted by atomic mass is 10.1. The van der Waals surface area contributed by atoms with E-state index in [1.807, 2.05) is 0 Å². The van der Waals surface area contributed by atoms with Crippen LogP contribution in [0.1, 0.15) is 20.7 Å². The average Bonchev–Trinajstić information content (AvgIpc) is 2.90. The first-order chi connectivity index (χ1) is 15.4. The van der Waals surface area contributed by atoms with E-state index in [4.69, 9.17) is 4.74 Å². The van der Waals surface area contributed by atoms with Gasteiger partial charge in [-0.25, -0.2) is 13.6 Å². The van der Waals surface area contributed by atoms with Crippen molar-refractivity contribution in [2.45, 2.75) is 9.79 Å². The Morgan fingerprint density at radius 2 is 1.81 bits per heavy atom. The molecule has 1 heterocycles. The molecule has 9 heteroatoms. The molecule has 3 aromatic carbocycles.